The Hall–Kier alpha value is -0.930. The third-order valence-electron chi connectivity index (χ3n) is 2.96. The van der Waals surface area contributed by atoms with Crippen molar-refractivity contribution in [3.8, 4) is 0 Å². The summed E-state index contributed by atoms with van der Waals surface area (Å²) in [6, 6.07) is 6.99. The molecule has 2 atom stereocenters. The Bertz CT molecular complexity index is 312. The zero-order chi connectivity index (χ0) is 10.7. The number of ether oxygens (including phenoxy) is 1. The molecule has 0 aliphatic carbocycles. The molecule has 1 N–H and O–H groups in total. The van der Waals surface area contributed by atoms with Crippen LogP contribution in [0.25, 0.3) is 0 Å². The minimum Gasteiger partial charge on any atom is -0.381 e. The highest BCUT2D eigenvalue weighted by molar-refractivity contribution is 5.20. The molecule has 2 rings (SSSR count). The van der Waals surface area contributed by atoms with Crippen molar-refractivity contribution in [2.24, 2.45) is 0 Å². The first-order chi connectivity index (χ1) is 7.29. The van der Waals surface area contributed by atoms with Crippen molar-refractivity contribution in [3.05, 3.63) is 35.6 Å². The van der Waals surface area contributed by atoms with Gasteiger partial charge in [0.05, 0.1) is 6.10 Å². The summed E-state index contributed by atoms with van der Waals surface area (Å²) < 4.78 is 18.1. The maximum absolute atomic E-state index is 12.8. The molecule has 15 heavy (non-hydrogen) atoms. The third kappa shape index (κ3) is 2.55. The highest BCUT2D eigenvalue weighted by Crippen LogP contribution is 2.24. The average molecular weight is 209 g/mol. The number of rotatable bonds is 2. The van der Waals surface area contributed by atoms with Gasteiger partial charge in [-0.3, -0.25) is 0 Å². The van der Waals surface area contributed by atoms with Crippen molar-refractivity contribution in [2.45, 2.75) is 25.0 Å². The van der Waals surface area contributed by atoms with Crippen LogP contribution in [0.5, 0.6) is 0 Å². The largest absolute Gasteiger partial charge is 0.381 e. The van der Waals surface area contributed by atoms with E-state index in [-0.39, 0.29) is 5.82 Å². The topological polar surface area (TPSA) is 21.3 Å². The van der Waals surface area contributed by atoms with E-state index in [0.29, 0.717) is 12.1 Å². The Morgan fingerprint density at radius 3 is 2.73 bits per heavy atom. The molecular weight excluding hydrogens is 193 g/mol. The first kappa shape index (κ1) is 10.6. The number of methoxy groups -OCH3 is 1. The van der Waals surface area contributed by atoms with Gasteiger partial charge in [0.25, 0.3) is 0 Å². The van der Waals surface area contributed by atoms with Crippen LogP contribution in [0.2, 0.25) is 0 Å². The van der Waals surface area contributed by atoms with Gasteiger partial charge in [-0.15, -0.1) is 0 Å². The van der Waals surface area contributed by atoms with Crippen LogP contribution in [0.1, 0.15) is 24.4 Å². The van der Waals surface area contributed by atoms with Crippen molar-refractivity contribution in [1.82, 2.24) is 5.32 Å². The molecule has 2 nitrogen and oxygen atoms in total. The van der Waals surface area contributed by atoms with E-state index >= 15 is 0 Å². The number of hydrogen-bond donors (Lipinski definition) is 1. The average Bonchev–Trinajstić information content (AvgIpc) is 2.30. The number of benzene rings is 1. The van der Waals surface area contributed by atoms with E-state index in [1.54, 1.807) is 7.11 Å². The van der Waals surface area contributed by atoms with E-state index in [1.165, 1.54) is 12.1 Å². The summed E-state index contributed by atoms with van der Waals surface area (Å²) in [5.41, 5.74) is 1.14. The van der Waals surface area contributed by atoms with Crippen LogP contribution in [-0.4, -0.2) is 19.8 Å². The second-order valence-electron chi connectivity index (χ2n) is 3.94. The lowest BCUT2D eigenvalue weighted by Crippen LogP contribution is -2.35. The molecule has 0 aromatic heterocycles. The lowest BCUT2D eigenvalue weighted by Gasteiger charge is -2.29. The van der Waals surface area contributed by atoms with Gasteiger partial charge in [-0.25, -0.2) is 4.39 Å². The van der Waals surface area contributed by atoms with Gasteiger partial charge in [0.15, 0.2) is 0 Å². The van der Waals surface area contributed by atoms with Crippen LogP contribution in [0.3, 0.4) is 0 Å². The summed E-state index contributed by atoms with van der Waals surface area (Å²) >= 11 is 0. The smallest absolute Gasteiger partial charge is 0.123 e. The van der Waals surface area contributed by atoms with E-state index in [1.807, 2.05) is 12.1 Å². The molecule has 1 saturated heterocycles. The number of nitrogens with one attached hydrogen (secondary N) is 1. The molecule has 1 aromatic rings. The Kier molecular flexibility index (Phi) is 3.34. The van der Waals surface area contributed by atoms with Gasteiger partial charge in [0.2, 0.25) is 0 Å². The standard InChI is InChI=1S/C12H16FNO/c1-15-11-6-7-14-12(8-11)9-2-4-10(13)5-3-9/h2-5,11-12,14H,6-8H2,1H3/t11-,12-/m1/s1. The van der Waals surface area contributed by atoms with E-state index < -0.39 is 0 Å². The van der Waals surface area contributed by atoms with Crippen molar-refractivity contribution < 1.29 is 9.13 Å². The van der Waals surface area contributed by atoms with E-state index in [2.05, 4.69) is 5.32 Å². The molecule has 0 saturated carbocycles. The Balaban J connectivity index is 2.06. The van der Waals surface area contributed by atoms with E-state index in [9.17, 15) is 4.39 Å². The zero-order valence-electron chi connectivity index (χ0n) is 8.87. The second-order valence-corrected chi connectivity index (χ2v) is 3.94. The van der Waals surface area contributed by atoms with E-state index in [0.717, 1.165) is 24.9 Å². The van der Waals surface area contributed by atoms with Gasteiger partial charge in [-0.2, -0.15) is 0 Å². The number of piperidine rings is 1. The van der Waals surface area contributed by atoms with Gasteiger partial charge in [-0.05, 0) is 37.1 Å². The van der Waals surface area contributed by atoms with Crippen LogP contribution in [0, 0.1) is 5.82 Å². The fourth-order valence-corrected chi connectivity index (χ4v) is 2.05. The van der Waals surface area contributed by atoms with Crippen LogP contribution in [0.4, 0.5) is 4.39 Å². The van der Waals surface area contributed by atoms with Crippen molar-refractivity contribution in [3.63, 3.8) is 0 Å². The summed E-state index contributed by atoms with van der Waals surface area (Å²) in [4.78, 5) is 0. The molecule has 1 aromatic carbocycles. The summed E-state index contributed by atoms with van der Waals surface area (Å²) in [6.07, 6.45) is 2.33. The summed E-state index contributed by atoms with van der Waals surface area (Å²) in [6.45, 7) is 0.959. The molecule has 0 unspecified atom stereocenters. The van der Waals surface area contributed by atoms with Gasteiger partial charge < -0.3 is 10.1 Å². The monoisotopic (exact) mass is 209 g/mol. The SMILES string of the molecule is CO[C@@H]1CCN[C@@H](c2ccc(F)cc2)C1. The quantitative estimate of drug-likeness (QED) is 0.806. The van der Waals surface area contributed by atoms with Gasteiger partial charge in [0.1, 0.15) is 5.82 Å². The van der Waals surface area contributed by atoms with Crippen LogP contribution < -0.4 is 5.32 Å². The normalized spacial score (nSPS) is 26.5. The van der Waals surface area contributed by atoms with Crippen LogP contribution >= 0.6 is 0 Å². The van der Waals surface area contributed by atoms with Gasteiger partial charge in [0, 0.05) is 13.2 Å². The molecule has 1 heterocycles. The molecule has 0 amide bonds. The predicted molar refractivity (Wildman–Crippen MR) is 57.2 cm³/mol. The molecule has 0 spiro atoms. The molecule has 3 heteroatoms. The lowest BCUT2D eigenvalue weighted by atomic mass is 9.95. The first-order valence-electron chi connectivity index (χ1n) is 5.31. The molecule has 0 bridgehead atoms. The number of hydrogen-bond acceptors (Lipinski definition) is 2. The molecule has 82 valence electrons. The van der Waals surface area contributed by atoms with E-state index in [4.69, 9.17) is 4.74 Å². The Labute approximate surface area is 89.4 Å². The van der Waals surface area contributed by atoms with Crippen molar-refractivity contribution >= 4 is 0 Å². The highest BCUT2D eigenvalue weighted by atomic mass is 19.1. The fourth-order valence-electron chi connectivity index (χ4n) is 2.05. The molecule has 1 aliphatic rings. The molecular formula is C12H16FNO. The maximum Gasteiger partial charge on any atom is 0.123 e. The minimum atomic E-state index is -0.183. The molecule has 1 aliphatic heterocycles. The summed E-state index contributed by atoms with van der Waals surface area (Å²) in [5.74, 6) is -0.183. The van der Waals surface area contributed by atoms with Crippen molar-refractivity contribution in [1.29, 1.82) is 0 Å². The van der Waals surface area contributed by atoms with Gasteiger partial charge in [-0.1, -0.05) is 12.1 Å². The third-order valence-corrected chi connectivity index (χ3v) is 2.96. The predicted octanol–water partition coefficient (Wildman–Crippen LogP) is 2.27. The molecule has 1 fully saturated rings. The zero-order valence-corrected chi connectivity index (χ0v) is 8.87. The first-order valence-corrected chi connectivity index (χ1v) is 5.31. The number of halogens is 1. The Morgan fingerprint density at radius 1 is 1.33 bits per heavy atom. The molecule has 0 radical (unpaired) electrons. The maximum atomic E-state index is 12.8. The Morgan fingerprint density at radius 2 is 2.07 bits per heavy atom. The minimum absolute atomic E-state index is 0.183. The van der Waals surface area contributed by atoms with Crippen LogP contribution in [-0.2, 0) is 4.74 Å². The van der Waals surface area contributed by atoms with Crippen molar-refractivity contribution in [2.75, 3.05) is 13.7 Å². The lowest BCUT2D eigenvalue weighted by molar-refractivity contribution is 0.0619. The van der Waals surface area contributed by atoms with Crippen LogP contribution in [0.15, 0.2) is 24.3 Å². The fraction of sp³-hybridized carbons (Fsp3) is 0.500. The second kappa shape index (κ2) is 4.73. The summed E-state index contributed by atoms with van der Waals surface area (Å²) in [7, 11) is 1.75. The highest BCUT2D eigenvalue weighted by Gasteiger charge is 2.22. The van der Waals surface area contributed by atoms with Gasteiger partial charge >= 0.3 is 0 Å². The summed E-state index contributed by atoms with van der Waals surface area (Å²) in [5, 5.41) is 3.42.